The van der Waals surface area contributed by atoms with Crippen molar-refractivity contribution in [3.63, 3.8) is 0 Å². The second-order valence-electron chi connectivity index (χ2n) is 12.0. The van der Waals surface area contributed by atoms with Crippen LogP contribution in [0.25, 0.3) is 0 Å². The van der Waals surface area contributed by atoms with Crippen molar-refractivity contribution in [3.8, 4) is 5.75 Å². The molecule has 0 bridgehead atoms. The van der Waals surface area contributed by atoms with Gasteiger partial charge in [-0.1, -0.05) is 24.6 Å². The van der Waals surface area contributed by atoms with E-state index in [0.717, 1.165) is 42.7 Å². The third-order valence-corrected chi connectivity index (χ3v) is 8.01. The van der Waals surface area contributed by atoms with Crippen LogP contribution in [0.4, 0.5) is 5.69 Å². The zero-order chi connectivity index (χ0) is 37.4. The highest BCUT2D eigenvalue weighted by molar-refractivity contribution is 5.96. The monoisotopic (exact) mass is 720 g/mol. The number of nitrogens with zero attached hydrogens (tertiary/aromatic N) is 3. The number of nitrogens with two attached hydrogens (primary N) is 1. The summed E-state index contributed by atoms with van der Waals surface area (Å²) in [7, 11) is 3.08. The Hall–Kier alpha value is -4.92. The van der Waals surface area contributed by atoms with Gasteiger partial charge in [0.1, 0.15) is 24.3 Å². The van der Waals surface area contributed by atoms with Gasteiger partial charge in [0.15, 0.2) is 0 Å². The minimum Gasteiger partial charge on any atom is -0.494 e. The Kier molecular flexibility index (Phi) is 19.4. The fraction of sp³-hybridized carbons (Fsp3) is 0.474. The lowest BCUT2D eigenvalue weighted by Crippen LogP contribution is -2.36. The molecule has 2 aromatic carbocycles. The highest BCUT2D eigenvalue weighted by Gasteiger charge is 2.15. The first kappa shape index (κ1) is 41.5. The van der Waals surface area contributed by atoms with Crippen molar-refractivity contribution in [2.45, 2.75) is 51.5 Å². The summed E-state index contributed by atoms with van der Waals surface area (Å²) in [5, 5.41) is 14.6. The number of esters is 1. The van der Waals surface area contributed by atoms with Crippen LogP contribution in [0.1, 0.15) is 73.1 Å². The Morgan fingerprint density at radius 2 is 1.56 bits per heavy atom. The van der Waals surface area contributed by atoms with Crippen LogP contribution in [0.5, 0.6) is 5.75 Å². The van der Waals surface area contributed by atoms with E-state index in [-0.39, 0.29) is 30.3 Å². The van der Waals surface area contributed by atoms with Crippen molar-refractivity contribution in [1.82, 2.24) is 15.3 Å². The van der Waals surface area contributed by atoms with Gasteiger partial charge >= 0.3 is 5.97 Å². The molecule has 1 unspecified atom stereocenters. The Bertz CT molecular complexity index is 1540. The van der Waals surface area contributed by atoms with Gasteiger partial charge in [-0.3, -0.25) is 9.59 Å². The lowest BCUT2D eigenvalue weighted by atomic mass is 10.1. The van der Waals surface area contributed by atoms with Gasteiger partial charge < -0.3 is 40.1 Å². The first-order valence-corrected chi connectivity index (χ1v) is 17.7. The van der Waals surface area contributed by atoms with Crippen molar-refractivity contribution < 1.29 is 37.8 Å². The van der Waals surface area contributed by atoms with E-state index in [1.54, 1.807) is 36.0 Å². The van der Waals surface area contributed by atoms with Crippen molar-refractivity contribution in [3.05, 3.63) is 83.9 Å². The third kappa shape index (κ3) is 16.0. The van der Waals surface area contributed by atoms with Gasteiger partial charge in [0.05, 0.1) is 53.2 Å². The van der Waals surface area contributed by atoms with Crippen molar-refractivity contribution in [2.24, 2.45) is 5.73 Å². The molecule has 1 amide bonds. The predicted molar refractivity (Wildman–Crippen MR) is 199 cm³/mol. The van der Waals surface area contributed by atoms with E-state index in [2.05, 4.69) is 25.3 Å². The predicted octanol–water partition coefficient (Wildman–Crippen LogP) is 4.35. The van der Waals surface area contributed by atoms with Gasteiger partial charge in [-0.15, -0.1) is 0 Å². The molecule has 0 saturated heterocycles. The van der Waals surface area contributed by atoms with Crippen LogP contribution in [0.15, 0.2) is 67.1 Å². The van der Waals surface area contributed by atoms with Gasteiger partial charge in [0.2, 0.25) is 5.84 Å². The first-order valence-electron chi connectivity index (χ1n) is 17.7. The number of carbonyl (C=O) groups excluding carboxylic acids is 2. The number of amides is 1. The fourth-order valence-corrected chi connectivity index (χ4v) is 4.86. The Labute approximate surface area is 306 Å². The highest BCUT2D eigenvalue weighted by atomic mass is 16.5. The van der Waals surface area contributed by atoms with Gasteiger partial charge in [0, 0.05) is 37.1 Å². The third-order valence-electron chi connectivity index (χ3n) is 8.01. The molecule has 0 aliphatic carbocycles. The summed E-state index contributed by atoms with van der Waals surface area (Å²) >= 11 is 0. The number of ether oxygens (including phenoxy) is 5. The normalized spacial score (nSPS) is 12.1. The number of hydrogen-bond donors (Lipinski definition) is 4. The second kappa shape index (κ2) is 24.3. The summed E-state index contributed by atoms with van der Waals surface area (Å²) in [6.07, 6.45) is 8.05. The van der Waals surface area contributed by atoms with Crippen LogP contribution in [-0.4, -0.2) is 105 Å². The number of carbonyl (C=O) groups is 2. The molecular weight excluding hydrogens is 666 g/mol. The zero-order valence-electron chi connectivity index (χ0n) is 30.6. The summed E-state index contributed by atoms with van der Waals surface area (Å²) in [6, 6.07) is 16.4. The molecule has 1 aromatic heterocycles. The van der Waals surface area contributed by atoms with Crippen molar-refractivity contribution in [1.29, 1.82) is 5.41 Å². The molecule has 0 fully saturated rings. The van der Waals surface area contributed by atoms with Gasteiger partial charge in [0.25, 0.3) is 11.7 Å². The van der Waals surface area contributed by atoms with E-state index in [1.807, 2.05) is 43.3 Å². The van der Waals surface area contributed by atoms with Crippen LogP contribution < -0.4 is 21.1 Å². The molecule has 0 radical (unpaired) electrons. The highest BCUT2D eigenvalue weighted by Crippen LogP contribution is 2.19. The van der Waals surface area contributed by atoms with Crippen molar-refractivity contribution in [2.75, 3.05) is 72.3 Å². The van der Waals surface area contributed by atoms with E-state index in [0.29, 0.717) is 76.2 Å². The first-order chi connectivity index (χ1) is 25.3. The van der Waals surface area contributed by atoms with Gasteiger partial charge in [-0.2, -0.15) is 5.41 Å². The zero-order valence-corrected chi connectivity index (χ0v) is 30.6. The number of benzene rings is 2. The van der Waals surface area contributed by atoms with Crippen LogP contribution >= 0.6 is 0 Å². The molecule has 1 heterocycles. The lowest BCUT2D eigenvalue weighted by Gasteiger charge is -2.16. The molecule has 52 heavy (non-hydrogen) atoms. The van der Waals surface area contributed by atoms with E-state index < -0.39 is 0 Å². The van der Waals surface area contributed by atoms with Crippen molar-refractivity contribution >= 4 is 29.2 Å². The van der Waals surface area contributed by atoms with E-state index in [4.69, 9.17) is 30.1 Å². The van der Waals surface area contributed by atoms with Crippen LogP contribution in [-0.2, 0) is 23.7 Å². The minimum atomic E-state index is -0.221. The van der Waals surface area contributed by atoms with Gasteiger partial charge in [-0.25, -0.2) is 14.5 Å². The topological polar surface area (TPSA) is 183 Å². The SMILES string of the molecule is COC(=O)CCCOCCOCCOCCCCCCOc1ccc(C(C)NC(=O)c2cccc(NCC(N)=[N+](C)C(=N)c3ccncn3)c2)cc1. The molecule has 0 aliphatic heterocycles. The second-order valence-corrected chi connectivity index (χ2v) is 12.0. The van der Waals surface area contributed by atoms with Crippen LogP contribution in [0, 0.1) is 5.41 Å². The number of aromatic nitrogens is 2. The van der Waals surface area contributed by atoms with Crippen LogP contribution in [0.2, 0.25) is 0 Å². The van der Waals surface area contributed by atoms with E-state index >= 15 is 0 Å². The number of hydrogen-bond acceptors (Lipinski definition) is 11. The van der Waals surface area contributed by atoms with Crippen LogP contribution in [0.3, 0.4) is 0 Å². The van der Waals surface area contributed by atoms with Gasteiger partial charge in [-0.05, 0) is 74.6 Å². The fourth-order valence-electron chi connectivity index (χ4n) is 4.86. The molecule has 14 heteroatoms. The van der Waals surface area contributed by atoms with E-state index in [1.165, 1.54) is 13.4 Å². The molecule has 0 saturated carbocycles. The number of unbranched alkanes of at least 4 members (excludes halogenated alkanes) is 3. The summed E-state index contributed by atoms with van der Waals surface area (Å²) < 4.78 is 28.6. The average Bonchev–Trinajstić information content (AvgIpc) is 3.18. The Morgan fingerprint density at radius 1 is 0.885 bits per heavy atom. The summed E-state index contributed by atoms with van der Waals surface area (Å²) in [6.45, 7) is 6.17. The maximum absolute atomic E-state index is 13.1. The smallest absolute Gasteiger partial charge is 0.305 e. The summed E-state index contributed by atoms with van der Waals surface area (Å²) in [5.74, 6) is 0.958. The molecular formula is C38H54N7O7+. The largest absolute Gasteiger partial charge is 0.494 e. The maximum atomic E-state index is 13.1. The quantitative estimate of drug-likeness (QED) is 0.0321. The lowest BCUT2D eigenvalue weighted by molar-refractivity contribution is -0.373. The maximum Gasteiger partial charge on any atom is 0.305 e. The molecule has 14 nitrogen and oxygen atoms in total. The Balaban J connectivity index is 1.25. The molecule has 0 aliphatic rings. The average molecular weight is 721 g/mol. The number of nitrogens with one attached hydrogen (secondary N) is 3. The summed E-state index contributed by atoms with van der Waals surface area (Å²) in [4.78, 5) is 32.1. The molecule has 3 aromatic rings. The van der Waals surface area contributed by atoms with E-state index in [9.17, 15) is 9.59 Å². The number of methoxy groups -OCH3 is 1. The number of amidine groups is 2. The molecule has 3 rings (SSSR count). The number of rotatable bonds is 25. The standard InChI is InChI=1S/C38H53N7O7/c1-29(44-38(47)31-10-8-11-32(26-31)42-27-35(39)45(2)37(40)34-17-18-41-28-43-34)30-13-15-33(16-14-30)52-21-7-5-4-6-19-49-22-24-51-25-23-50-20-9-12-36(46)48-3/h8,10-11,13-18,26,28-29,39-40,42H,4-7,9,12,19-25,27H2,1-3H3,(H,44,47)/p+1. The summed E-state index contributed by atoms with van der Waals surface area (Å²) in [5.41, 5.74) is 8.90. The number of anilines is 1. The molecule has 1 atom stereocenters. The molecule has 5 N–H and O–H groups in total. The minimum absolute atomic E-state index is 0.155. The Morgan fingerprint density at radius 3 is 2.23 bits per heavy atom. The molecule has 282 valence electrons. The molecule has 0 spiro atoms.